The van der Waals surface area contributed by atoms with Gasteiger partial charge in [-0.05, 0) is 19.8 Å². The van der Waals surface area contributed by atoms with Crippen molar-refractivity contribution in [3.63, 3.8) is 0 Å². The summed E-state index contributed by atoms with van der Waals surface area (Å²) >= 11 is 0. The monoisotopic (exact) mass is 172 g/mol. The molecule has 12 heavy (non-hydrogen) atoms. The van der Waals surface area contributed by atoms with Gasteiger partial charge in [0.05, 0.1) is 6.61 Å². The molecule has 0 aliphatic rings. The van der Waals surface area contributed by atoms with Crippen molar-refractivity contribution in [1.82, 2.24) is 5.32 Å². The lowest BCUT2D eigenvalue weighted by atomic mass is 10.2. The van der Waals surface area contributed by atoms with E-state index in [2.05, 4.69) is 5.32 Å². The van der Waals surface area contributed by atoms with Crippen LogP contribution in [-0.2, 0) is 14.3 Å². The summed E-state index contributed by atoms with van der Waals surface area (Å²) in [6.07, 6.45) is 3.52. The fourth-order valence-corrected chi connectivity index (χ4v) is 0.767. The van der Waals surface area contributed by atoms with E-state index in [1.807, 2.05) is 0 Å². The van der Waals surface area contributed by atoms with Crippen LogP contribution in [0.3, 0.4) is 0 Å². The number of amides is 1. The van der Waals surface area contributed by atoms with Crippen molar-refractivity contribution in [2.45, 2.75) is 26.2 Å². The van der Waals surface area contributed by atoms with Gasteiger partial charge in [0.15, 0.2) is 0 Å². The van der Waals surface area contributed by atoms with Crippen LogP contribution in [0.25, 0.3) is 0 Å². The van der Waals surface area contributed by atoms with Crippen molar-refractivity contribution < 1.29 is 14.3 Å². The molecular weight excluding hydrogens is 158 g/mol. The van der Waals surface area contributed by atoms with E-state index in [1.165, 1.54) is 0 Å². The summed E-state index contributed by atoms with van der Waals surface area (Å²) in [7, 11) is 0. The first kappa shape index (κ1) is 10.9. The Morgan fingerprint density at radius 2 is 2.25 bits per heavy atom. The Balaban J connectivity index is 3.08. The van der Waals surface area contributed by atoms with Crippen LogP contribution in [0, 0.1) is 0 Å². The third kappa shape index (κ3) is 7.05. The number of nitrogens with one attached hydrogen (secondary N) is 1. The van der Waals surface area contributed by atoms with E-state index in [4.69, 9.17) is 4.74 Å². The number of carbonyl (C=O) groups is 1. The maximum Gasteiger partial charge on any atom is 0.309 e. The lowest BCUT2D eigenvalue weighted by Gasteiger charge is -2.00. The second kappa shape index (κ2) is 8.04. The first-order valence-electron chi connectivity index (χ1n) is 4.07. The average molecular weight is 172 g/mol. The van der Waals surface area contributed by atoms with E-state index in [0.717, 1.165) is 12.8 Å². The molecule has 0 rings (SSSR count). The number of hydrogen-bond acceptors (Lipinski definition) is 3. The fraction of sp³-hybridized carbons (Fsp3) is 0.750. The molecule has 0 spiro atoms. The van der Waals surface area contributed by atoms with E-state index < -0.39 is 0 Å². The molecule has 0 aliphatic carbocycles. The lowest BCUT2D eigenvalue weighted by Crippen LogP contribution is -2.12. The molecule has 0 atom stereocenters. The zero-order chi connectivity index (χ0) is 9.23. The van der Waals surface area contributed by atoms with Crippen molar-refractivity contribution >= 4 is 12.4 Å². The maximum absolute atomic E-state index is 10.8. The SMILES string of the molecule is CCOC(=O)CCCCN[C]=O. The molecule has 4 nitrogen and oxygen atoms in total. The molecule has 0 aromatic rings. The lowest BCUT2D eigenvalue weighted by molar-refractivity contribution is -0.143. The van der Waals surface area contributed by atoms with Gasteiger partial charge < -0.3 is 10.1 Å². The average Bonchev–Trinajstić information content (AvgIpc) is 2.05. The van der Waals surface area contributed by atoms with E-state index in [-0.39, 0.29) is 5.97 Å². The quantitative estimate of drug-likeness (QED) is 0.343. The molecule has 0 aliphatic heterocycles. The van der Waals surface area contributed by atoms with E-state index in [0.29, 0.717) is 19.6 Å². The summed E-state index contributed by atoms with van der Waals surface area (Å²) in [5.74, 6) is -0.174. The van der Waals surface area contributed by atoms with E-state index >= 15 is 0 Å². The second-order valence-electron chi connectivity index (χ2n) is 2.29. The molecule has 0 aromatic carbocycles. The summed E-state index contributed by atoms with van der Waals surface area (Å²) in [5.41, 5.74) is 0. The molecule has 1 amide bonds. The minimum Gasteiger partial charge on any atom is -0.466 e. The minimum absolute atomic E-state index is 0.174. The highest BCUT2D eigenvalue weighted by Crippen LogP contribution is 1.95. The van der Waals surface area contributed by atoms with Crippen molar-refractivity contribution in [2.75, 3.05) is 13.2 Å². The fourth-order valence-electron chi connectivity index (χ4n) is 0.767. The number of hydrogen-bond donors (Lipinski definition) is 1. The van der Waals surface area contributed by atoms with Gasteiger partial charge in [0.25, 0.3) is 0 Å². The minimum atomic E-state index is -0.174. The Labute approximate surface area is 72.3 Å². The molecule has 4 heteroatoms. The van der Waals surface area contributed by atoms with Crippen molar-refractivity contribution in [1.29, 1.82) is 0 Å². The summed E-state index contributed by atoms with van der Waals surface area (Å²) in [6.45, 7) is 2.78. The molecular formula is C8H14NO3. The van der Waals surface area contributed by atoms with Crippen LogP contribution in [0.4, 0.5) is 0 Å². The zero-order valence-electron chi connectivity index (χ0n) is 7.26. The molecule has 69 valence electrons. The maximum atomic E-state index is 10.8. The predicted molar refractivity (Wildman–Crippen MR) is 44.2 cm³/mol. The molecule has 0 unspecified atom stereocenters. The summed E-state index contributed by atoms with van der Waals surface area (Å²) in [5, 5.41) is 2.40. The molecule has 0 saturated carbocycles. The molecule has 1 radical (unpaired) electrons. The third-order valence-electron chi connectivity index (χ3n) is 1.31. The van der Waals surface area contributed by atoms with E-state index in [1.54, 1.807) is 13.3 Å². The zero-order valence-corrected chi connectivity index (χ0v) is 7.26. The van der Waals surface area contributed by atoms with E-state index in [9.17, 15) is 9.59 Å². The smallest absolute Gasteiger partial charge is 0.309 e. The number of esters is 1. The highest BCUT2D eigenvalue weighted by molar-refractivity contribution is 5.69. The third-order valence-corrected chi connectivity index (χ3v) is 1.31. The van der Waals surface area contributed by atoms with Crippen LogP contribution < -0.4 is 5.32 Å². The first-order chi connectivity index (χ1) is 5.81. The van der Waals surface area contributed by atoms with Gasteiger partial charge in [-0.1, -0.05) is 0 Å². The Bertz CT molecular complexity index is 136. The van der Waals surface area contributed by atoms with Crippen LogP contribution in [-0.4, -0.2) is 25.5 Å². The molecule has 0 bridgehead atoms. The molecule has 1 N–H and O–H groups in total. The normalized spacial score (nSPS) is 9.08. The predicted octanol–water partition coefficient (Wildman–Crippen LogP) is 0.377. The number of rotatable bonds is 7. The van der Waals surface area contributed by atoms with Gasteiger partial charge in [0.1, 0.15) is 0 Å². The van der Waals surface area contributed by atoms with Gasteiger partial charge >= 0.3 is 12.4 Å². The number of ether oxygens (including phenoxy) is 1. The Hall–Kier alpha value is -1.06. The highest BCUT2D eigenvalue weighted by Gasteiger charge is 1.99. The molecule has 0 fully saturated rings. The number of carbonyl (C=O) groups excluding carboxylic acids is 2. The molecule has 0 aromatic heterocycles. The Morgan fingerprint density at radius 3 is 2.83 bits per heavy atom. The van der Waals surface area contributed by atoms with Gasteiger partial charge in [-0.15, -0.1) is 0 Å². The molecule has 0 saturated heterocycles. The van der Waals surface area contributed by atoms with Gasteiger partial charge in [0.2, 0.25) is 0 Å². The standard InChI is InChI=1S/C8H14NO3/c1-2-12-8(11)5-3-4-6-9-7-10/h2-6H2,1H3,(H,9,10). The van der Waals surface area contributed by atoms with Crippen LogP contribution >= 0.6 is 0 Å². The van der Waals surface area contributed by atoms with Gasteiger partial charge in [0, 0.05) is 13.0 Å². The topological polar surface area (TPSA) is 55.4 Å². The first-order valence-corrected chi connectivity index (χ1v) is 4.07. The van der Waals surface area contributed by atoms with Crippen LogP contribution in [0.2, 0.25) is 0 Å². The number of unbranched alkanes of at least 4 members (excludes halogenated alkanes) is 1. The van der Waals surface area contributed by atoms with Crippen molar-refractivity contribution in [2.24, 2.45) is 0 Å². The van der Waals surface area contributed by atoms with Gasteiger partial charge in [-0.2, -0.15) is 0 Å². The van der Waals surface area contributed by atoms with Crippen molar-refractivity contribution in [3.05, 3.63) is 0 Å². The molecule has 0 heterocycles. The van der Waals surface area contributed by atoms with Gasteiger partial charge in [-0.25, -0.2) is 0 Å². The second-order valence-corrected chi connectivity index (χ2v) is 2.29. The van der Waals surface area contributed by atoms with Crippen molar-refractivity contribution in [3.8, 4) is 0 Å². The van der Waals surface area contributed by atoms with Gasteiger partial charge in [-0.3, -0.25) is 9.59 Å². The highest BCUT2D eigenvalue weighted by atomic mass is 16.5. The Kier molecular flexibility index (Phi) is 7.33. The summed E-state index contributed by atoms with van der Waals surface area (Å²) in [6, 6.07) is 0. The summed E-state index contributed by atoms with van der Waals surface area (Å²) < 4.78 is 4.71. The van der Waals surface area contributed by atoms with Crippen LogP contribution in [0.5, 0.6) is 0 Å². The van der Waals surface area contributed by atoms with Crippen LogP contribution in [0.15, 0.2) is 0 Å². The van der Waals surface area contributed by atoms with Crippen LogP contribution in [0.1, 0.15) is 26.2 Å². The summed E-state index contributed by atoms with van der Waals surface area (Å²) in [4.78, 5) is 20.4. The largest absolute Gasteiger partial charge is 0.466 e. The Morgan fingerprint density at radius 1 is 1.50 bits per heavy atom.